The Balaban J connectivity index is 1.15. The van der Waals surface area contributed by atoms with Crippen LogP contribution in [-0.2, 0) is 20.8 Å². The molecule has 8 rings (SSSR count). The van der Waals surface area contributed by atoms with E-state index in [0.717, 1.165) is 17.3 Å². The van der Waals surface area contributed by atoms with E-state index in [1.807, 2.05) is 67.6 Å². The maximum Gasteiger partial charge on any atom is 0.493 e. The summed E-state index contributed by atoms with van der Waals surface area (Å²) in [5.74, 6) is -3.10. The van der Waals surface area contributed by atoms with Gasteiger partial charge in [0.1, 0.15) is 18.3 Å². The average molecular weight is 814 g/mol. The molecule has 0 bridgehead atoms. The van der Waals surface area contributed by atoms with Crippen LogP contribution in [-0.4, -0.2) is 101 Å². The van der Waals surface area contributed by atoms with Crippen molar-refractivity contribution in [3.8, 4) is 0 Å². The van der Waals surface area contributed by atoms with Crippen molar-refractivity contribution in [1.29, 1.82) is 0 Å². The van der Waals surface area contributed by atoms with Crippen LogP contribution in [0.25, 0.3) is 11.2 Å². The number of aryl methyl sites for hydroxylation is 1. The van der Waals surface area contributed by atoms with Crippen molar-refractivity contribution >= 4 is 34.8 Å². The van der Waals surface area contributed by atoms with Crippen LogP contribution >= 0.6 is 0 Å². The number of alkyl halides is 3. The zero-order chi connectivity index (χ0) is 41.3. The Hall–Kier alpha value is -6.44. The summed E-state index contributed by atoms with van der Waals surface area (Å²) in [5.41, 5.74) is 3.07. The lowest BCUT2D eigenvalue weighted by atomic mass is 9.91. The fraction of sp³-hybridized carbons (Fsp3) is 0.325. The van der Waals surface area contributed by atoms with Gasteiger partial charge in [-0.3, -0.25) is 14.3 Å². The van der Waals surface area contributed by atoms with E-state index in [-0.39, 0.29) is 54.2 Å². The first-order valence-corrected chi connectivity index (χ1v) is 18.8. The van der Waals surface area contributed by atoms with Crippen LogP contribution in [0.3, 0.4) is 0 Å². The smallest absolute Gasteiger partial charge is 0.387 e. The number of halogens is 3. The number of benzene rings is 2. The van der Waals surface area contributed by atoms with E-state index in [4.69, 9.17) is 24.1 Å². The number of fused-ring (bicyclic) bond motifs is 1. The van der Waals surface area contributed by atoms with Crippen LogP contribution < -0.4 is 10.2 Å². The summed E-state index contributed by atoms with van der Waals surface area (Å²) in [6, 6.07) is 23.1. The van der Waals surface area contributed by atoms with Crippen molar-refractivity contribution in [2.24, 2.45) is 0 Å². The molecule has 306 valence electrons. The Bertz CT molecular complexity index is 2360. The molecule has 5 atom stereocenters. The Labute approximate surface area is 334 Å². The molecule has 19 heteroatoms. The Morgan fingerprint density at radius 2 is 1.75 bits per heavy atom. The number of aliphatic hydroxyl groups is 2. The normalized spacial score (nSPS) is 20.7. The fourth-order valence-corrected chi connectivity index (χ4v) is 7.26. The van der Waals surface area contributed by atoms with E-state index >= 15 is 0 Å². The maximum atomic E-state index is 13.5. The van der Waals surface area contributed by atoms with Crippen molar-refractivity contribution in [2.45, 2.75) is 62.4 Å². The number of nitrogens with one attached hydrogen (secondary N) is 1. The second-order valence-corrected chi connectivity index (χ2v) is 14.1. The lowest BCUT2D eigenvalue weighted by Crippen LogP contribution is -2.46. The van der Waals surface area contributed by atoms with Gasteiger partial charge >= 0.3 is 12.1 Å². The number of hydroxylamine groups is 2. The maximum absolute atomic E-state index is 13.5. The second-order valence-electron chi connectivity index (χ2n) is 14.1. The third-order valence-corrected chi connectivity index (χ3v) is 10.3. The molecule has 1 amide bonds. The minimum Gasteiger partial charge on any atom is -0.387 e. The largest absolute Gasteiger partial charge is 0.493 e. The number of carbonyl (C=O) groups excluding carboxylic acids is 2. The van der Waals surface area contributed by atoms with Crippen molar-refractivity contribution < 1.29 is 47.1 Å². The predicted octanol–water partition coefficient (Wildman–Crippen LogP) is 4.75. The zero-order valence-electron chi connectivity index (χ0n) is 31.4. The summed E-state index contributed by atoms with van der Waals surface area (Å²) in [7, 11) is 0. The molecule has 2 aromatic carbocycles. The van der Waals surface area contributed by atoms with Crippen molar-refractivity contribution in [3.05, 3.63) is 126 Å². The van der Waals surface area contributed by atoms with E-state index in [2.05, 4.69) is 20.4 Å². The van der Waals surface area contributed by atoms with Crippen molar-refractivity contribution in [3.63, 3.8) is 0 Å². The van der Waals surface area contributed by atoms with Crippen LogP contribution in [0.15, 0.2) is 102 Å². The van der Waals surface area contributed by atoms with Crippen LogP contribution in [0, 0.1) is 0 Å². The highest BCUT2D eigenvalue weighted by Crippen LogP contribution is 2.41. The molecular weight excluding hydrogens is 775 g/mol. The topological polar surface area (TPSA) is 194 Å². The number of amides is 1. The van der Waals surface area contributed by atoms with Gasteiger partial charge in [0.25, 0.3) is 5.91 Å². The number of aliphatic hydroxyl groups excluding tert-OH is 2. The number of hydrogen-bond donors (Lipinski definition) is 3. The SMILES string of the molecule is CCc1cc(C2OC(n3cnc4c(NCC(c5ccccc5)c5ccccc5)nc(N5CCC(N(OC(=O)C(F)(F)F)C(=O)c6cccnc6)C5)nc43)C(O)C2O)on1. The van der Waals surface area contributed by atoms with Crippen LogP contribution in [0.4, 0.5) is 24.9 Å². The molecule has 5 unspecified atom stereocenters. The van der Waals surface area contributed by atoms with Crippen LogP contribution in [0.5, 0.6) is 0 Å². The molecule has 0 spiro atoms. The molecule has 6 heterocycles. The van der Waals surface area contributed by atoms with Crippen molar-refractivity contribution in [1.82, 2.24) is 34.7 Å². The van der Waals surface area contributed by atoms with Gasteiger partial charge < -0.3 is 34.5 Å². The van der Waals surface area contributed by atoms with Gasteiger partial charge in [0.15, 0.2) is 29.0 Å². The van der Waals surface area contributed by atoms with Crippen LogP contribution in [0.1, 0.15) is 64.5 Å². The summed E-state index contributed by atoms with van der Waals surface area (Å²) in [5, 5.41) is 30.3. The lowest BCUT2D eigenvalue weighted by molar-refractivity contribution is -0.233. The molecule has 59 heavy (non-hydrogen) atoms. The first kappa shape index (κ1) is 39.4. The zero-order valence-corrected chi connectivity index (χ0v) is 31.4. The molecule has 0 aliphatic carbocycles. The van der Waals surface area contributed by atoms with Gasteiger partial charge in [-0.25, -0.2) is 9.78 Å². The lowest BCUT2D eigenvalue weighted by Gasteiger charge is -2.27. The predicted molar refractivity (Wildman–Crippen MR) is 202 cm³/mol. The van der Waals surface area contributed by atoms with Gasteiger partial charge in [-0.15, -0.1) is 0 Å². The minimum absolute atomic E-state index is 0.0693. The summed E-state index contributed by atoms with van der Waals surface area (Å²) < 4.78 is 53.4. The number of pyridine rings is 1. The van der Waals surface area contributed by atoms with E-state index in [9.17, 15) is 33.0 Å². The molecule has 6 aromatic rings. The Morgan fingerprint density at radius 1 is 1.02 bits per heavy atom. The Kier molecular flexibility index (Phi) is 11.0. The summed E-state index contributed by atoms with van der Waals surface area (Å²) in [6.45, 7) is 2.23. The summed E-state index contributed by atoms with van der Waals surface area (Å²) in [4.78, 5) is 50.1. The third-order valence-electron chi connectivity index (χ3n) is 10.3. The van der Waals surface area contributed by atoms with E-state index in [1.54, 1.807) is 11.0 Å². The Morgan fingerprint density at radius 3 is 2.39 bits per heavy atom. The molecule has 3 N–H and O–H groups in total. The van der Waals surface area contributed by atoms with Crippen LogP contribution in [0.2, 0.25) is 0 Å². The molecular formula is C40H38F3N9O7. The molecule has 2 fully saturated rings. The van der Waals surface area contributed by atoms with E-state index in [1.165, 1.54) is 29.2 Å². The number of imidazole rings is 1. The number of ether oxygens (including phenoxy) is 1. The quantitative estimate of drug-likeness (QED) is 0.152. The third kappa shape index (κ3) is 8.03. The van der Waals surface area contributed by atoms with Gasteiger partial charge in [0.2, 0.25) is 5.95 Å². The molecule has 4 aromatic heterocycles. The number of nitrogens with zero attached hydrogens (tertiary/aromatic N) is 8. The molecule has 16 nitrogen and oxygen atoms in total. The molecule has 0 saturated carbocycles. The first-order chi connectivity index (χ1) is 28.5. The highest BCUT2D eigenvalue weighted by Gasteiger charge is 2.48. The molecule has 2 saturated heterocycles. The van der Waals surface area contributed by atoms with E-state index < -0.39 is 48.6 Å². The molecule has 2 aliphatic rings. The number of rotatable bonds is 11. The van der Waals surface area contributed by atoms with Gasteiger partial charge in [-0.1, -0.05) is 72.7 Å². The van der Waals surface area contributed by atoms with Gasteiger partial charge in [-0.2, -0.15) is 28.2 Å². The summed E-state index contributed by atoms with van der Waals surface area (Å²) >= 11 is 0. The average Bonchev–Trinajstić information content (AvgIpc) is 4.08. The number of anilines is 2. The monoisotopic (exact) mass is 813 g/mol. The van der Waals surface area contributed by atoms with E-state index in [0.29, 0.717) is 29.2 Å². The second kappa shape index (κ2) is 16.4. The highest BCUT2D eigenvalue weighted by molar-refractivity contribution is 5.94. The highest BCUT2D eigenvalue weighted by atomic mass is 19.4. The van der Waals surface area contributed by atoms with Gasteiger partial charge in [0.05, 0.1) is 23.6 Å². The molecule has 0 radical (unpaired) electrons. The standard InChI is InChI=1S/C40H38F3N9O7/c1-2-26-18-29(58-49-26)33-31(53)32(54)37(57-33)51-22-46-30-34(45-20-28(23-10-5-3-6-11-23)24-12-7-4-8-13-24)47-39(48-35(30)51)50-17-15-27(21-50)52(59-38(56)40(41,42)43)36(55)25-14-9-16-44-19-25/h3-14,16,18-19,22,27-28,31-33,37,53-54H,2,15,17,20-21H2,1H3,(H,45,47,48). The summed E-state index contributed by atoms with van der Waals surface area (Å²) in [6.07, 6.45) is -5.93. The number of carbonyl (C=O) groups is 2. The number of aromatic nitrogens is 6. The first-order valence-electron chi connectivity index (χ1n) is 18.8. The van der Waals surface area contributed by atoms with Crippen molar-refractivity contribution in [2.75, 3.05) is 29.9 Å². The minimum atomic E-state index is -5.37. The number of hydrogen-bond acceptors (Lipinski definition) is 14. The molecule has 2 aliphatic heterocycles. The van der Waals surface area contributed by atoms with Gasteiger partial charge in [0, 0.05) is 44.0 Å². The fourth-order valence-electron chi connectivity index (χ4n) is 7.26. The van der Waals surface area contributed by atoms with Gasteiger partial charge in [-0.05, 0) is 36.1 Å².